The first-order chi connectivity index (χ1) is 4.34. The van der Waals surface area contributed by atoms with Crippen molar-refractivity contribution < 1.29 is 4.79 Å². The van der Waals surface area contributed by atoms with Crippen molar-refractivity contribution in [3.8, 4) is 0 Å². The first-order valence-electron chi connectivity index (χ1n) is 3.52. The van der Waals surface area contributed by atoms with Crippen molar-refractivity contribution >= 4 is 6.29 Å². The van der Waals surface area contributed by atoms with Crippen LogP contribution in [0.2, 0.25) is 0 Å². The standard InChI is InChI=1S/C7H13NO/c1-7-3-2-4-8(7)5-6-9/h6-7H,2-5H2,1H3/t7-/m1/s1. The second-order valence-electron chi connectivity index (χ2n) is 2.65. The molecule has 0 N–H and O–H groups in total. The van der Waals surface area contributed by atoms with Crippen LogP contribution in [-0.2, 0) is 4.79 Å². The third-order valence-electron chi connectivity index (χ3n) is 2.00. The summed E-state index contributed by atoms with van der Waals surface area (Å²) in [7, 11) is 0. The zero-order chi connectivity index (χ0) is 6.69. The quantitative estimate of drug-likeness (QED) is 0.508. The summed E-state index contributed by atoms with van der Waals surface area (Å²) in [6, 6.07) is 0.634. The van der Waals surface area contributed by atoms with Crippen LogP contribution in [0.3, 0.4) is 0 Å². The molecule has 9 heavy (non-hydrogen) atoms. The third-order valence-corrected chi connectivity index (χ3v) is 2.00. The molecule has 0 saturated carbocycles. The van der Waals surface area contributed by atoms with Crippen LogP contribution < -0.4 is 0 Å². The van der Waals surface area contributed by atoms with Crippen molar-refractivity contribution in [2.75, 3.05) is 13.1 Å². The summed E-state index contributed by atoms with van der Waals surface area (Å²) in [4.78, 5) is 12.3. The van der Waals surface area contributed by atoms with Crippen LogP contribution in [0.4, 0.5) is 0 Å². The number of aldehydes is 1. The van der Waals surface area contributed by atoms with E-state index in [-0.39, 0.29) is 0 Å². The van der Waals surface area contributed by atoms with Crippen LogP contribution in [0.1, 0.15) is 19.8 Å². The van der Waals surface area contributed by atoms with Gasteiger partial charge in [0.1, 0.15) is 6.29 Å². The van der Waals surface area contributed by atoms with Gasteiger partial charge in [-0.3, -0.25) is 4.90 Å². The molecule has 2 nitrogen and oxygen atoms in total. The number of hydrogen-bond acceptors (Lipinski definition) is 2. The molecule has 1 aliphatic rings. The second kappa shape index (κ2) is 2.97. The number of nitrogens with zero attached hydrogens (tertiary/aromatic N) is 1. The first kappa shape index (κ1) is 6.75. The smallest absolute Gasteiger partial charge is 0.133 e. The molecule has 0 unspecified atom stereocenters. The molecule has 0 spiro atoms. The number of likely N-dealkylation sites (tertiary alicyclic amines) is 1. The van der Waals surface area contributed by atoms with Crippen LogP contribution in [0.5, 0.6) is 0 Å². The number of rotatable bonds is 2. The Morgan fingerprint density at radius 2 is 2.56 bits per heavy atom. The van der Waals surface area contributed by atoms with Crippen molar-refractivity contribution in [2.45, 2.75) is 25.8 Å². The zero-order valence-electron chi connectivity index (χ0n) is 5.84. The van der Waals surface area contributed by atoms with Gasteiger partial charge in [0.25, 0.3) is 0 Å². The predicted molar refractivity (Wildman–Crippen MR) is 36.3 cm³/mol. The molecule has 1 rings (SSSR count). The summed E-state index contributed by atoms with van der Waals surface area (Å²) in [5.74, 6) is 0. The molecule has 1 saturated heterocycles. The van der Waals surface area contributed by atoms with Crippen molar-refractivity contribution in [3.05, 3.63) is 0 Å². The predicted octanol–water partition coefficient (Wildman–Crippen LogP) is 0.670. The summed E-state index contributed by atoms with van der Waals surface area (Å²) >= 11 is 0. The van der Waals surface area contributed by atoms with E-state index in [9.17, 15) is 4.79 Å². The Balaban J connectivity index is 2.30. The van der Waals surface area contributed by atoms with Crippen molar-refractivity contribution in [1.82, 2.24) is 4.90 Å². The van der Waals surface area contributed by atoms with Crippen molar-refractivity contribution in [3.63, 3.8) is 0 Å². The summed E-state index contributed by atoms with van der Waals surface area (Å²) in [6.07, 6.45) is 3.50. The molecule has 0 aromatic carbocycles. The average Bonchev–Trinajstić information content (AvgIpc) is 2.18. The van der Waals surface area contributed by atoms with Crippen molar-refractivity contribution in [1.29, 1.82) is 0 Å². The minimum absolute atomic E-state index is 0.626. The lowest BCUT2D eigenvalue weighted by atomic mass is 10.2. The molecule has 0 aromatic heterocycles. The molecule has 0 bridgehead atoms. The Kier molecular flexibility index (Phi) is 2.22. The van der Waals surface area contributed by atoms with E-state index < -0.39 is 0 Å². The van der Waals surface area contributed by atoms with E-state index in [2.05, 4.69) is 11.8 Å². The molecule has 0 aromatic rings. The Hall–Kier alpha value is -0.370. The van der Waals surface area contributed by atoms with E-state index in [0.717, 1.165) is 12.8 Å². The topological polar surface area (TPSA) is 20.3 Å². The summed E-state index contributed by atoms with van der Waals surface area (Å²) in [6.45, 7) is 3.91. The van der Waals surface area contributed by atoms with E-state index in [1.165, 1.54) is 12.8 Å². The van der Waals surface area contributed by atoms with E-state index >= 15 is 0 Å². The normalized spacial score (nSPS) is 28.8. The molecular formula is C7H13NO. The maximum atomic E-state index is 10.1. The maximum absolute atomic E-state index is 10.1. The van der Waals surface area contributed by atoms with Crippen LogP contribution in [0.25, 0.3) is 0 Å². The van der Waals surface area contributed by atoms with Crippen LogP contribution >= 0.6 is 0 Å². The number of carbonyl (C=O) groups is 1. The van der Waals surface area contributed by atoms with Crippen LogP contribution in [-0.4, -0.2) is 30.3 Å². The molecule has 0 amide bonds. The van der Waals surface area contributed by atoms with Gasteiger partial charge in [-0.25, -0.2) is 0 Å². The fourth-order valence-corrected chi connectivity index (χ4v) is 1.36. The van der Waals surface area contributed by atoms with Gasteiger partial charge in [-0.15, -0.1) is 0 Å². The minimum atomic E-state index is 0.626. The fraction of sp³-hybridized carbons (Fsp3) is 0.857. The van der Waals surface area contributed by atoms with Gasteiger partial charge in [-0.1, -0.05) is 0 Å². The van der Waals surface area contributed by atoms with E-state index in [0.29, 0.717) is 12.6 Å². The monoisotopic (exact) mass is 127 g/mol. The van der Waals surface area contributed by atoms with E-state index in [1.807, 2.05) is 0 Å². The van der Waals surface area contributed by atoms with Crippen LogP contribution in [0, 0.1) is 0 Å². The highest BCUT2D eigenvalue weighted by molar-refractivity contribution is 5.52. The molecule has 1 heterocycles. The maximum Gasteiger partial charge on any atom is 0.133 e. The summed E-state index contributed by atoms with van der Waals surface area (Å²) in [5.41, 5.74) is 0. The summed E-state index contributed by atoms with van der Waals surface area (Å²) < 4.78 is 0. The van der Waals surface area contributed by atoms with Gasteiger partial charge in [0.15, 0.2) is 0 Å². The molecule has 52 valence electrons. The van der Waals surface area contributed by atoms with Gasteiger partial charge in [0.05, 0.1) is 6.54 Å². The van der Waals surface area contributed by atoms with Crippen molar-refractivity contribution in [2.24, 2.45) is 0 Å². The Morgan fingerprint density at radius 1 is 1.78 bits per heavy atom. The molecule has 0 radical (unpaired) electrons. The van der Waals surface area contributed by atoms with Gasteiger partial charge in [-0.2, -0.15) is 0 Å². The molecule has 1 aliphatic heterocycles. The Bertz CT molecular complexity index is 103. The Morgan fingerprint density at radius 3 is 3.00 bits per heavy atom. The average molecular weight is 127 g/mol. The SMILES string of the molecule is C[C@@H]1CCCN1CC=O. The Labute approximate surface area is 55.8 Å². The molecule has 1 fully saturated rings. The number of hydrogen-bond donors (Lipinski definition) is 0. The molecule has 0 aliphatic carbocycles. The van der Waals surface area contributed by atoms with Gasteiger partial charge in [-0.05, 0) is 26.3 Å². The fourth-order valence-electron chi connectivity index (χ4n) is 1.36. The zero-order valence-corrected chi connectivity index (χ0v) is 5.84. The number of carbonyl (C=O) groups excluding carboxylic acids is 1. The van der Waals surface area contributed by atoms with E-state index in [4.69, 9.17) is 0 Å². The first-order valence-corrected chi connectivity index (χ1v) is 3.52. The van der Waals surface area contributed by atoms with Gasteiger partial charge in [0, 0.05) is 6.04 Å². The highest BCUT2D eigenvalue weighted by atomic mass is 16.1. The summed E-state index contributed by atoms with van der Waals surface area (Å²) in [5, 5.41) is 0. The van der Waals surface area contributed by atoms with E-state index in [1.54, 1.807) is 0 Å². The molecule has 1 atom stereocenters. The minimum Gasteiger partial charge on any atom is -0.302 e. The largest absolute Gasteiger partial charge is 0.302 e. The highest BCUT2D eigenvalue weighted by Gasteiger charge is 2.18. The lowest BCUT2D eigenvalue weighted by Crippen LogP contribution is -2.28. The second-order valence-corrected chi connectivity index (χ2v) is 2.65. The van der Waals surface area contributed by atoms with Gasteiger partial charge >= 0.3 is 0 Å². The third kappa shape index (κ3) is 1.52. The highest BCUT2D eigenvalue weighted by Crippen LogP contribution is 2.14. The van der Waals surface area contributed by atoms with Gasteiger partial charge < -0.3 is 4.79 Å². The lowest BCUT2D eigenvalue weighted by Gasteiger charge is -2.16. The molecule has 2 heteroatoms. The van der Waals surface area contributed by atoms with Crippen LogP contribution in [0.15, 0.2) is 0 Å². The molecular weight excluding hydrogens is 114 g/mol. The lowest BCUT2D eigenvalue weighted by molar-refractivity contribution is -0.109. The van der Waals surface area contributed by atoms with Gasteiger partial charge in [0.2, 0.25) is 0 Å².